The van der Waals surface area contributed by atoms with E-state index in [1.54, 1.807) is 18.2 Å². The van der Waals surface area contributed by atoms with Gasteiger partial charge in [-0.3, -0.25) is 9.69 Å². The van der Waals surface area contributed by atoms with Gasteiger partial charge in [-0.05, 0) is 23.6 Å². The Morgan fingerprint density at radius 3 is 2.96 bits per heavy atom. The Balaban J connectivity index is 1.57. The van der Waals surface area contributed by atoms with Gasteiger partial charge in [0.2, 0.25) is 5.91 Å². The highest BCUT2D eigenvalue weighted by molar-refractivity contribution is 5.87. The Bertz CT molecular complexity index is 719. The van der Waals surface area contributed by atoms with Crippen molar-refractivity contribution in [3.8, 4) is 0 Å². The van der Waals surface area contributed by atoms with Gasteiger partial charge in [0.05, 0.1) is 24.3 Å². The highest BCUT2D eigenvalue weighted by Gasteiger charge is 2.64. The largest absolute Gasteiger partial charge is 0.478 e. The molecule has 25 heavy (non-hydrogen) atoms. The van der Waals surface area contributed by atoms with Crippen LogP contribution >= 0.6 is 0 Å². The zero-order valence-corrected chi connectivity index (χ0v) is 14.6. The van der Waals surface area contributed by atoms with Crippen LogP contribution in [0.1, 0.15) is 42.6 Å². The predicted octanol–water partition coefficient (Wildman–Crippen LogP) is 1.94. The normalized spacial score (nSPS) is 31.6. The molecule has 0 unspecified atom stereocenters. The maximum absolute atomic E-state index is 12.7. The summed E-state index contributed by atoms with van der Waals surface area (Å²) in [5.41, 5.74) is 0.782. The number of amides is 1. The number of carboxylic acid groups (broad SMARTS) is 1. The minimum absolute atomic E-state index is 0.0530. The van der Waals surface area contributed by atoms with Gasteiger partial charge in [0.1, 0.15) is 0 Å². The van der Waals surface area contributed by atoms with E-state index < -0.39 is 11.7 Å². The third-order valence-corrected chi connectivity index (χ3v) is 5.93. The number of nitrogens with zero attached hydrogens (tertiary/aromatic N) is 2. The second-order valence-corrected chi connectivity index (χ2v) is 7.68. The summed E-state index contributed by atoms with van der Waals surface area (Å²) < 4.78 is 6.23. The van der Waals surface area contributed by atoms with Crippen LogP contribution in [0.5, 0.6) is 0 Å². The molecule has 3 heterocycles. The van der Waals surface area contributed by atoms with E-state index in [0.717, 1.165) is 18.5 Å². The molecular weight excluding hydrogens is 320 g/mol. The molecule has 1 aromatic carbocycles. The fraction of sp³-hybridized carbons (Fsp3) is 0.579. The highest BCUT2D eigenvalue weighted by Crippen LogP contribution is 2.49. The molecule has 1 aromatic rings. The third-order valence-electron chi connectivity index (χ3n) is 5.93. The molecule has 6 nitrogen and oxygen atoms in total. The monoisotopic (exact) mass is 344 g/mol. The number of aromatic carboxylic acids is 1. The lowest BCUT2D eigenvalue weighted by Gasteiger charge is -2.34. The van der Waals surface area contributed by atoms with Crippen molar-refractivity contribution in [2.24, 2.45) is 5.92 Å². The molecule has 0 bridgehead atoms. The second-order valence-electron chi connectivity index (χ2n) is 7.68. The third kappa shape index (κ3) is 2.47. The Kier molecular flexibility index (Phi) is 3.85. The van der Waals surface area contributed by atoms with Crippen molar-refractivity contribution in [1.29, 1.82) is 0 Å². The number of benzene rings is 1. The maximum atomic E-state index is 12.7. The summed E-state index contributed by atoms with van der Waals surface area (Å²) in [6.45, 7) is 6.39. The minimum atomic E-state index is -0.916. The van der Waals surface area contributed by atoms with Crippen molar-refractivity contribution in [3.63, 3.8) is 0 Å². The van der Waals surface area contributed by atoms with Gasteiger partial charge in [0.25, 0.3) is 0 Å². The lowest BCUT2D eigenvalue weighted by molar-refractivity contribution is -0.139. The first-order chi connectivity index (χ1) is 11.9. The highest BCUT2D eigenvalue weighted by atomic mass is 16.5. The van der Waals surface area contributed by atoms with Crippen LogP contribution in [0.2, 0.25) is 0 Å². The summed E-state index contributed by atoms with van der Waals surface area (Å²) >= 11 is 0. The van der Waals surface area contributed by atoms with Crippen LogP contribution in [-0.2, 0) is 16.1 Å². The summed E-state index contributed by atoms with van der Waals surface area (Å²) in [6, 6.07) is 7.25. The molecule has 3 atom stereocenters. The molecule has 134 valence electrons. The molecule has 3 saturated heterocycles. The lowest BCUT2D eigenvalue weighted by atomic mass is 10.0. The van der Waals surface area contributed by atoms with Crippen LogP contribution in [0.4, 0.5) is 0 Å². The fourth-order valence-electron chi connectivity index (χ4n) is 4.68. The summed E-state index contributed by atoms with van der Waals surface area (Å²) in [7, 11) is 0. The SMILES string of the molecule is CC(C)[C@@H]1CO[C@@]23CCN(Cc4cccc(C(=O)O)c4)[C@@H]2CC(=O)N13. The first-order valence-corrected chi connectivity index (χ1v) is 8.95. The molecule has 1 N–H and O–H groups in total. The summed E-state index contributed by atoms with van der Waals surface area (Å²) in [5, 5.41) is 9.17. The van der Waals surface area contributed by atoms with Gasteiger partial charge in [-0.2, -0.15) is 0 Å². The predicted molar refractivity (Wildman–Crippen MR) is 91.0 cm³/mol. The zero-order chi connectivity index (χ0) is 17.8. The molecule has 4 rings (SSSR count). The number of ether oxygens (including phenoxy) is 1. The molecule has 3 aliphatic heterocycles. The molecule has 0 radical (unpaired) electrons. The van der Waals surface area contributed by atoms with Crippen molar-refractivity contribution < 1.29 is 19.4 Å². The van der Waals surface area contributed by atoms with Crippen molar-refractivity contribution in [2.45, 2.75) is 51.0 Å². The number of carbonyl (C=O) groups excluding carboxylic acids is 1. The molecule has 3 fully saturated rings. The van der Waals surface area contributed by atoms with E-state index in [4.69, 9.17) is 4.74 Å². The average Bonchev–Trinajstić information content (AvgIpc) is 3.18. The van der Waals surface area contributed by atoms with Crippen molar-refractivity contribution in [2.75, 3.05) is 13.2 Å². The Hall–Kier alpha value is -1.92. The standard InChI is InChI=1S/C19H24N2O4/c1-12(2)15-11-25-19-6-7-20(16(19)9-17(22)21(15)19)10-13-4-3-5-14(8-13)18(23)24/h3-5,8,12,15-16H,6-7,9-11H2,1-2H3,(H,23,24)/t15-,16+,19-/m0/s1. The topological polar surface area (TPSA) is 70.1 Å². The Labute approximate surface area is 147 Å². The zero-order valence-electron chi connectivity index (χ0n) is 14.6. The van der Waals surface area contributed by atoms with Crippen molar-refractivity contribution in [3.05, 3.63) is 35.4 Å². The number of hydrogen-bond acceptors (Lipinski definition) is 4. The van der Waals surface area contributed by atoms with Gasteiger partial charge in [-0.1, -0.05) is 26.0 Å². The first kappa shape index (κ1) is 16.5. The molecule has 0 aliphatic carbocycles. The van der Waals surface area contributed by atoms with Crippen molar-refractivity contribution in [1.82, 2.24) is 9.80 Å². The van der Waals surface area contributed by atoms with Crippen LogP contribution < -0.4 is 0 Å². The Morgan fingerprint density at radius 2 is 2.24 bits per heavy atom. The van der Waals surface area contributed by atoms with Gasteiger partial charge in [-0.15, -0.1) is 0 Å². The number of carbonyl (C=O) groups is 2. The van der Waals surface area contributed by atoms with Gasteiger partial charge in [-0.25, -0.2) is 4.79 Å². The maximum Gasteiger partial charge on any atom is 0.335 e. The van der Waals surface area contributed by atoms with Crippen LogP contribution in [0, 0.1) is 5.92 Å². The van der Waals surface area contributed by atoms with E-state index in [-0.39, 0.29) is 18.0 Å². The molecule has 1 spiro atoms. The van der Waals surface area contributed by atoms with Gasteiger partial charge < -0.3 is 14.7 Å². The van der Waals surface area contributed by atoms with Crippen LogP contribution in [0.15, 0.2) is 24.3 Å². The van der Waals surface area contributed by atoms with Crippen LogP contribution in [0.3, 0.4) is 0 Å². The second kappa shape index (κ2) is 5.81. The van der Waals surface area contributed by atoms with Crippen LogP contribution in [-0.4, -0.2) is 57.7 Å². The molecule has 3 aliphatic rings. The first-order valence-electron chi connectivity index (χ1n) is 8.95. The van der Waals surface area contributed by atoms with Crippen molar-refractivity contribution >= 4 is 11.9 Å². The molecule has 1 amide bonds. The number of likely N-dealkylation sites (tertiary alicyclic amines) is 1. The lowest BCUT2D eigenvalue weighted by Crippen LogP contribution is -2.50. The van der Waals surface area contributed by atoms with E-state index in [2.05, 4.69) is 18.7 Å². The van der Waals surface area contributed by atoms with E-state index in [1.807, 2.05) is 11.0 Å². The van der Waals surface area contributed by atoms with Gasteiger partial charge in [0, 0.05) is 25.9 Å². The molecule has 0 saturated carbocycles. The molecule has 0 aromatic heterocycles. The van der Waals surface area contributed by atoms with E-state index in [9.17, 15) is 14.7 Å². The number of hydrogen-bond donors (Lipinski definition) is 1. The van der Waals surface area contributed by atoms with E-state index in [1.165, 1.54) is 0 Å². The average molecular weight is 344 g/mol. The van der Waals surface area contributed by atoms with Crippen LogP contribution in [0.25, 0.3) is 0 Å². The van der Waals surface area contributed by atoms with Gasteiger partial charge in [0.15, 0.2) is 5.72 Å². The smallest absolute Gasteiger partial charge is 0.335 e. The number of carboxylic acids is 1. The van der Waals surface area contributed by atoms with Gasteiger partial charge >= 0.3 is 5.97 Å². The minimum Gasteiger partial charge on any atom is -0.478 e. The quantitative estimate of drug-likeness (QED) is 0.904. The molecule has 6 heteroatoms. The summed E-state index contributed by atoms with van der Waals surface area (Å²) in [4.78, 5) is 28.1. The summed E-state index contributed by atoms with van der Waals surface area (Å²) in [5.74, 6) is -0.352. The Morgan fingerprint density at radius 1 is 1.44 bits per heavy atom. The molecular formula is C19H24N2O4. The van der Waals surface area contributed by atoms with E-state index >= 15 is 0 Å². The summed E-state index contributed by atoms with van der Waals surface area (Å²) in [6.07, 6.45) is 1.31. The number of rotatable bonds is 4. The fourth-order valence-corrected chi connectivity index (χ4v) is 4.68. The van der Waals surface area contributed by atoms with E-state index in [0.29, 0.717) is 31.1 Å².